The predicted octanol–water partition coefficient (Wildman–Crippen LogP) is 0.802. The molecule has 0 rings (SSSR count). The standard InChI is InChI=1S/C11H20N2O3/c1-15-9-3-5-11(14)13(7-4-6-12)8-10-16-2/h3-5,7-10H2,1-2H3. The normalized spacial score (nSPS) is 9.81. The van der Waals surface area contributed by atoms with Crippen LogP contribution in [0.15, 0.2) is 0 Å². The van der Waals surface area contributed by atoms with E-state index < -0.39 is 0 Å². The fourth-order valence-electron chi connectivity index (χ4n) is 1.27. The second-order valence-electron chi connectivity index (χ2n) is 3.38. The molecular weight excluding hydrogens is 208 g/mol. The second kappa shape index (κ2) is 10.4. The van der Waals surface area contributed by atoms with Gasteiger partial charge in [0.15, 0.2) is 0 Å². The minimum atomic E-state index is 0.0596. The maximum absolute atomic E-state index is 11.7. The van der Waals surface area contributed by atoms with E-state index in [0.29, 0.717) is 45.6 Å². The van der Waals surface area contributed by atoms with E-state index in [2.05, 4.69) is 0 Å². The van der Waals surface area contributed by atoms with E-state index in [4.69, 9.17) is 14.7 Å². The number of rotatable bonds is 9. The first kappa shape index (κ1) is 14.9. The molecule has 0 unspecified atom stereocenters. The highest BCUT2D eigenvalue weighted by Gasteiger charge is 2.12. The first-order valence-electron chi connectivity index (χ1n) is 5.38. The number of carbonyl (C=O) groups excluding carboxylic acids is 1. The summed E-state index contributed by atoms with van der Waals surface area (Å²) in [5.74, 6) is 0.0596. The third-order valence-electron chi connectivity index (χ3n) is 2.15. The van der Waals surface area contributed by atoms with Crippen LogP contribution in [0.4, 0.5) is 0 Å². The Morgan fingerprint density at radius 3 is 2.50 bits per heavy atom. The molecular formula is C11H20N2O3. The van der Waals surface area contributed by atoms with Crippen molar-refractivity contribution in [1.82, 2.24) is 4.90 Å². The third kappa shape index (κ3) is 7.21. The average molecular weight is 228 g/mol. The van der Waals surface area contributed by atoms with Gasteiger partial charge in [-0.25, -0.2) is 0 Å². The summed E-state index contributed by atoms with van der Waals surface area (Å²) in [6.07, 6.45) is 1.54. The molecule has 0 atom stereocenters. The van der Waals surface area contributed by atoms with Gasteiger partial charge in [-0.3, -0.25) is 4.79 Å². The molecule has 1 amide bonds. The summed E-state index contributed by atoms with van der Waals surface area (Å²) >= 11 is 0. The van der Waals surface area contributed by atoms with Crippen molar-refractivity contribution < 1.29 is 14.3 Å². The minimum Gasteiger partial charge on any atom is -0.385 e. The molecule has 0 fully saturated rings. The first-order valence-corrected chi connectivity index (χ1v) is 5.38. The molecule has 0 saturated carbocycles. The molecule has 0 N–H and O–H groups in total. The van der Waals surface area contributed by atoms with Crippen LogP contribution < -0.4 is 0 Å². The van der Waals surface area contributed by atoms with Crippen molar-refractivity contribution in [2.24, 2.45) is 0 Å². The molecule has 0 spiro atoms. The van der Waals surface area contributed by atoms with Gasteiger partial charge in [0.2, 0.25) is 5.91 Å². The Kier molecular flexibility index (Phi) is 9.67. The van der Waals surface area contributed by atoms with Gasteiger partial charge in [0.1, 0.15) is 0 Å². The molecule has 5 heteroatoms. The molecule has 5 nitrogen and oxygen atoms in total. The topological polar surface area (TPSA) is 62.6 Å². The Morgan fingerprint density at radius 2 is 1.94 bits per heavy atom. The van der Waals surface area contributed by atoms with Crippen molar-refractivity contribution >= 4 is 5.91 Å². The zero-order valence-corrected chi connectivity index (χ0v) is 10.1. The number of hydrogen-bond acceptors (Lipinski definition) is 4. The number of nitriles is 1. The molecule has 0 bridgehead atoms. The van der Waals surface area contributed by atoms with Crippen molar-refractivity contribution in [2.75, 3.05) is 40.5 Å². The van der Waals surface area contributed by atoms with Gasteiger partial charge in [-0.15, -0.1) is 0 Å². The quantitative estimate of drug-likeness (QED) is 0.548. The lowest BCUT2D eigenvalue weighted by atomic mass is 10.2. The third-order valence-corrected chi connectivity index (χ3v) is 2.15. The van der Waals surface area contributed by atoms with Gasteiger partial charge < -0.3 is 14.4 Å². The fourth-order valence-corrected chi connectivity index (χ4v) is 1.27. The van der Waals surface area contributed by atoms with Gasteiger partial charge in [-0.05, 0) is 6.42 Å². The fraction of sp³-hybridized carbons (Fsp3) is 0.818. The van der Waals surface area contributed by atoms with Crippen LogP contribution in [-0.2, 0) is 14.3 Å². The number of carbonyl (C=O) groups is 1. The molecule has 16 heavy (non-hydrogen) atoms. The zero-order chi connectivity index (χ0) is 12.2. The smallest absolute Gasteiger partial charge is 0.222 e. The van der Waals surface area contributed by atoms with Crippen LogP contribution in [0.2, 0.25) is 0 Å². The summed E-state index contributed by atoms with van der Waals surface area (Å²) in [4.78, 5) is 13.4. The molecule has 0 aliphatic heterocycles. The number of amides is 1. The molecule has 0 aromatic carbocycles. The van der Waals surface area contributed by atoms with E-state index in [1.165, 1.54) is 0 Å². The van der Waals surface area contributed by atoms with E-state index in [9.17, 15) is 4.79 Å². The summed E-state index contributed by atoms with van der Waals surface area (Å²) in [5.41, 5.74) is 0. The van der Waals surface area contributed by atoms with Crippen molar-refractivity contribution in [3.63, 3.8) is 0 Å². The lowest BCUT2D eigenvalue weighted by molar-refractivity contribution is -0.132. The molecule has 0 aliphatic rings. The summed E-state index contributed by atoms with van der Waals surface area (Å²) in [6.45, 7) is 2.11. The number of methoxy groups -OCH3 is 2. The van der Waals surface area contributed by atoms with Gasteiger partial charge in [0, 0.05) is 40.3 Å². The molecule has 0 aliphatic carbocycles. The van der Waals surface area contributed by atoms with Crippen LogP contribution in [-0.4, -0.2) is 51.3 Å². The highest BCUT2D eigenvalue weighted by atomic mass is 16.5. The largest absolute Gasteiger partial charge is 0.385 e. The van der Waals surface area contributed by atoms with Crippen LogP contribution in [0.3, 0.4) is 0 Å². The van der Waals surface area contributed by atoms with Crippen molar-refractivity contribution in [2.45, 2.75) is 19.3 Å². The molecule has 0 aromatic heterocycles. The van der Waals surface area contributed by atoms with Crippen LogP contribution in [0.5, 0.6) is 0 Å². The Labute approximate surface area is 96.9 Å². The lowest BCUT2D eigenvalue weighted by Gasteiger charge is -2.21. The highest BCUT2D eigenvalue weighted by molar-refractivity contribution is 5.76. The molecule has 0 heterocycles. The van der Waals surface area contributed by atoms with E-state index >= 15 is 0 Å². The van der Waals surface area contributed by atoms with Crippen LogP contribution in [0.25, 0.3) is 0 Å². The first-order chi connectivity index (χ1) is 7.76. The lowest BCUT2D eigenvalue weighted by Crippen LogP contribution is -2.34. The Morgan fingerprint density at radius 1 is 1.25 bits per heavy atom. The molecule has 0 aromatic rings. The maximum atomic E-state index is 11.7. The second-order valence-corrected chi connectivity index (χ2v) is 3.38. The van der Waals surface area contributed by atoms with Crippen molar-refractivity contribution in [3.05, 3.63) is 0 Å². The van der Waals surface area contributed by atoms with E-state index in [1.54, 1.807) is 19.1 Å². The van der Waals surface area contributed by atoms with Gasteiger partial charge in [0.05, 0.1) is 19.1 Å². The van der Waals surface area contributed by atoms with Gasteiger partial charge in [-0.2, -0.15) is 5.26 Å². The molecule has 0 saturated heterocycles. The number of hydrogen-bond donors (Lipinski definition) is 0. The number of ether oxygens (including phenoxy) is 2. The minimum absolute atomic E-state index is 0.0596. The molecule has 0 radical (unpaired) electrons. The Hall–Kier alpha value is -1.12. The summed E-state index contributed by atoms with van der Waals surface area (Å²) < 4.78 is 9.81. The van der Waals surface area contributed by atoms with E-state index in [0.717, 1.165) is 0 Å². The van der Waals surface area contributed by atoms with E-state index in [1.807, 2.05) is 6.07 Å². The summed E-state index contributed by atoms with van der Waals surface area (Å²) in [7, 11) is 3.21. The van der Waals surface area contributed by atoms with E-state index in [-0.39, 0.29) is 5.91 Å². The summed E-state index contributed by atoms with van der Waals surface area (Å²) in [6, 6.07) is 2.04. The van der Waals surface area contributed by atoms with Crippen LogP contribution >= 0.6 is 0 Å². The van der Waals surface area contributed by atoms with Crippen LogP contribution in [0, 0.1) is 11.3 Å². The Bertz CT molecular complexity index is 226. The van der Waals surface area contributed by atoms with Crippen molar-refractivity contribution in [1.29, 1.82) is 5.26 Å². The van der Waals surface area contributed by atoms with Crippen molar-refractivity contribution in [3.8, 4) is 6.07 Å². The van der Waals surface area contributed by atoms with Gasteiger partial charge in [-0.1, -0.05) is 0 Å². The predicted molar refractivity (Wildman–Crippen MR) is 59.8 cm³/mol. The zero-order valence-electron chi connectivity index (χ0n) is 10.1. The Balaban J connectivity index is 3.94. The highest BCUT2D eigenvalue weighted by Crippen LogP contribution is 2.00. The summed E-state index contributed by atoms with van der Waals surface area (Å²) in [5, 5.41) is 8.50. The SMILES string of the molecule is COCCCC(=O)N(CCC#N)CCOC. The average Bonchev–Trinajstić information content (AvgIpc) is 2.29. The van der Waals surface area contributed by atoms with Gasteiger partial charge >= 0.3 is 0 Å². The monoisotopic (exact) mass is 228 g/mol. The van der Waals surface area contributed by atoms with Crippen LogP contribution in [0.1, 0.15) is 19.3 Å². The maximum Gasteiger partial charge on any atom is 0.222 e. The molecule has 92 valence electrons. The number of nitrogens with zero attached hydrogens (tertiary/aromatic N) is 2. The van der Waals surface area contributed by atoms with Gasteiger partial charge in [0.25, 0.3) is 0 Å².